The Morgan fingerprint density at radius 3 is 2.48 bits per heavy atom. The molecule has 3 aromatic rings. The standard InChI is InChI=1S/C26H25N3O4/c1-16-12-18(6-7-20(16)25(32)21-4-2-3-5-23(21)30)24(31)13-19-14-28-15-22(19)29-26(33)17-8-10-27-11-9-17/h2-12,19,22,28,30H,13-15H2,1H3,(H,29,33)/t19-,22-/m1/s1. The van der Waals surface area contributed by atoms with Gasteiger partial charge in [0.1, 0.15) is 5.75 Å². The Morgan fingerprint density at radius 1 is 1.00 bits per heavy atom. The highest BCUT2D eigenvalue weighted by atomic mass is 16.3. The molecule has 168 valence electrons. The Kier molecular flexibility index (Phi) is 6.60. The molecular formula is C26H25N3O4. The average molecular weight is 444 g/mol. The molecule has 0 spiro atoms. The SMILES string of the molecule is Cc1cc(C(=O)C[C@@H]2CNC[C@H]2NC(=O)c2ccncc2)ccc1C(=O)c1ccccc1O. The number of phenolic OH excluding ortho intramolecular Hbond substituents is 1. The van der Waals surface area contributed by atoms with Gasteiger partial charge in [-0.15, -0.1) is 0 Å². The summed E-state index contributed by atoms with van der Waals surface area (Å²) < 4.78 is 0. The zero-order valence-corrected chi connectivity index (χ0v) is 18.2. The van der Waals surface area contributed by atoms with Gasteiger partial charge in [-0.25, -0.2) is 0 Å². The summed E-state index contributed by atoms with van der Waals surface area (Å²) in [6.07, 6.45) is 3.41. The van der Waals surface area contributed by atoms with Crippen LogP contribution >= 0.6 is 0 Å². The van der Waals surface area contributed by atoms with Crippen LogP contribution in [0.5, 0.6) is 5.75 Å². The zero-order valence-electron chi connectivity index (χ0n) is 18.2. The minimum absolute atomic E-state index is 0.0360. The molecule has 1 amide bonds. The number of aromatic nitrogens is 1. The molecule has 0 aliphatic carbocycles. The number of benzene rings is 2. The van der Waals surface area contributed by atoms with Crippen LogP contribution in [0, 0.1) is 12.8 Å². The largest absolute Gasteiger partial charge is 0.507 e. The first-order chi connectivity index (χ1) is 15.9. The highest BCUT2D eigenvalue weighted by Crippen LogP contribution is 2.24. The highest BCUT2D eigenvalue weighted by molar-refractivity contribution is 6.12. The third-order valence-electron chi connectivity index (χ3n) is 5.99. The van der Waals surface area contributed by atoms with E-state index in [2.05, 4.69) is 15.6 Å². The van der Waals surface area contributed by atoms with Crippen LogP contribution in [-0.2, 0) is 0 Å². The summed E-state index contributed by atoms with van der Waals surface area (Å²) in [6, 6.07) is 14.5. The van der Waals surface area contributed by atoms with Crippen LogP contribution in [0.3, 0.4) is 0 Å². The molecule has 1 aliphatic heterocycles. The minimum atomic E-state index is -0.288. The molecule has 2 heterocycles. The van der Waals surface area contributed by atoms with E-state index in [4.69, 9.17) is 0 Å². The normalized spacial score (nSPS) is 17.5. The molecule has 1 aromatic heterocycles. The van der Waals surface area contributed by atoms with Crippen molar-refractivity contribution in [2.45, 2.75) is 19.4 Å². The maximum absolute atomic E-state index is 13.0. The van der Waals surface area contributed by atoms with Crippen molar-refractivity contribution in [2.24, 2.45) is 5.92 Å². The zero-order chi connectivity index (χ0) is 23.4. The number of carbonyl (C=O) groups excluding carboxylic acids is 3. The Hall–Kier alpha value is -3.84. The van der Waals surface area contributed by atoms with E-state index in [0.717, 1.165) is 0 Å². The summed E-state index contributed by atoms with van der Waals surface area (Å²) in [5.41, 5.74) is 2.39. The van der Waals surface area contributed by atoms with Gasteiger partial charge < -0.3 is 15.7 Å². The molecule has 7 heteroatoms. The van der Waals surface area contributed by atoms with Gasteiger partial charge in [0.05, 0.1) is 5.56 Å². The minimum Gasteiger partial charge on any atom is -0.507 e. The predicted octanol–water partition coefficient (Wildman–Crippen LogP) is 2.92. The third kappa shape index (κ3) is 4.99. The average Bonchev–Trinajstić information content (AvgIpc) is 3.25. The van der Waals surface area contributed by atoms with Crippen LogP contribution in [0.4, 0.5) is 0 Å². The van der Waals surface area contributed by atoms with E-state index in [1.165, 1.54) is 6.07 Å². The number of nitrogens with one attached hydrogen (secondary N) is 2. The van der Waals surface area contributed by atoms with Crippen molar-refractivity contribution in [2.75, 3.05) is 13.1 Å². The van der Waals surface area contributed by atoms with Gasteiger partial charge in [0.2, 0.25) is 0 Å². The maximum atomic E-state index is 13.0. The quantitative estimate of drug-likeness (QED) is 0.485. The lowest BCUT2D eigenvalue weighted by Crippen LogP contribution is -2.41. The lowest BCUT2D eigenvalue weighted by molar-refractivity contribution is 0.0902. The van der Waals surface area contributed by atoms with Crippen molar-refractivity contribution in [3.05, 3.63) is 94.8 Å². The monoisotopic (exact) mass is 443 g/mol. The molecule has 3 N–H and O–H groups in total. The molecule has 1 saturated heterocycles. The molecule has 2 aromatic carbocycles. The fraction of sp³-hybridized carbons (Fsp3) is 0.231. The fourth-order valence-corrected chi connectivity index (χ4v) is 4.13. The number of pyridine rings is 1. The van der Waals surface area contributed by atoms with E-state index in [1.54, 1.807) is 67.8 Å². The Bertz CT molecular complexity index is 1190. The van der Waals surface area contributed by atoms with Gasteiger partial charge in [0.15, 0.2) is 11.6 Å². The van der Waals surface area contributed by atoms with E-state index >= 15 is 0 Å². The molecule has 0 saturated carbocycles. The van der Waals surface area contributed by atoms with Crippen LogP contribution in [-0.4, -0.2) is 46.7 Å². The first-order valence-electron chi connectivity index (χ1n) is 10.8. The fourth-order valence-electron chi connectivity index (χ4n) is 4.13. The molecule has 33 heavy (non-hydrogen) atoms. The Balaban J connectivity index is 1.44. The smallest absolute Gasteiger partial charge is 0.251 e. The Morgan fingerprint density at radius 2 is 1.76 bits per heavy atom. The molecule has 0 bridgehead atoms. The lowest BCUT2D eigenvalue weighted by atomic mass is 9.91. The Labute approximate surface area is 191 Å². The number of hydrogen-bond donors (Lipinski definition) is 3. The number of aryl methyl sites for hydroxylation is 1. The molecule has 2 atom stereocenters. The van der Waals surface area contributed by atoms with E-state index in [-0.39, 0.29) is 47.2 Å². The second-order valence-electron chi connectivity index (χ2n) is 8.24. The first kappa shape index (κ1) is 22.4. The van der Waals surface area contributed by atoms with Crippen molar-refractivity contribution in [3.63, 3.8) is 0 Å². The number of Topliss-reactive ketones (excluding diaryl/α,β-unsaturated/α-hetero) is 1. The van der Waals surface area contributed by atoms with Crippen molar-refractivity contribution in [1.29, 1.82) is 0 Å². The first-order valence-corrected chi connectivity index (χ1v) is 10.8. The molecule has 0 unspecified atom stereocenters. The van der Waals surface area contributed by atoms with E-state index < -0.39 is 0 Å². The predicted molar refractivity (Wildman–Crippen MR) is 124 cm³/mol. The van der Waals surface area contributed by atoms with Crippen LogP contribution in [0.1, 0.15) is 48.6 Å². The van der Waals surface area contributed by atoms with Gasteiger partial charge in [-0.05, 0) is 42.8 Å². The summed E-state index contributed by atoms with van der Waals surface area (Å²) in [6.45, 7) is 3.01. The van der Waals surface area contributed by atoms with Gasteiger partial charge >= 0.3 is 0 Å². The van der Waals surface area contributed by atoms with Crippen molar-refractivity contribution in [3.8, 4) is 5.75 Å². The second-order valence-corrected chi connectivity index (χ2v) is 8.24. The maximum Gasteiger partial charge on any atom is 0.251 e. The van der Waals surface area contributed by atoms with Crippen molar-refractivity contribution in [1.82, 2.24) is 15.6 Å². The highest BCUT2D eigenvalue weighted by Gasteiger charge is 2.31. The summed E-state index contributed by atoms with van der Waals surface area (Å²) in [4.78, 5) is 42.2. The molecule has 1 fully saturated rings. The van der Waals surface area contributed by atoms with Crippen LogP contribution in [0.15, 0.2) is 67.0 Å². The topological polar surface area (TPSA) is 108 Å². The van der Waals surface area contributed by atoms with E-state index in [1.807, 2.05) is 0 Å². The van der Waals surface area contributed by atoms with E-state index in [9.17, 15) is 19.5 Å². The summed E-state index contributed by atoms with van der Waals surface area (Å²) in [5.74, 6) is -0.631. The van der Waals surface area contributed by atoms with Crippen molar-refractivity contribution >= 4 is 17.5 Å². The van der Waals surface area contributed by atoms with Crippen LogP contribution in [0.2, 0.25) is 0 Å². The second kappa shape index (κ2) is 9.75. The molecule has 0 radical (unpaired) electrons. The van der Waals surface area contributed by atoms with Crippen LogP contribution in [0.25, 0.3) is 0 Å². The summed E-state index contributed by atoms with van der Waals surface area (Å²) in [5, 5.41) is 16.2. The van der Waals surface area contributed by atoms with Crippen LogP contribution < -0.4 is 10.6 Å². The number of amides is 1. The summed E-state index contributed by atoms with van der Waals surface area (Å²) >= 11 is 0. The summed E-state index contributed by atoms with van der Waals surface area (Å²) in [7, 11) is 0. The number of aromatic hydroxyl groups is 1. The lowest BCUT2D eigenvalue weighted by Gasteiger charge is -2.19. The van der Waals surface area contributed by atoms with Gasteiger partial charge in [-0.3, -0.25) is 19.4 Å². The number of rotatable bonds is 7. The van der Waals surface area contributed by atoms with Crippen molar-refractivity contribution < 1.29 is 19.5 Å². The molecule has 7 nitrogen and oxygen atoms in total. The number of nitrogens with zero attached hydrogens (tertiary/aromatic N) is 1. The number of ketones is 2. The van der Waals surface area contributed by atoms with Gasteiger partial charge in [0, 0.05) is 60.6 Å². The molecule has 1 aliphatic rings. The third-order valence-corrected chi connectivity index (χ3v) is 5.99. The van der Waals surface area contributed by atoms with Gasteiger partial charge in [-0.1, -0.05) is 24.3 Å². The number of hydrogen-bond acceptors (Lipinski definition) is 6. The molecular weight excluding hydrogens is 418 g/mol. The number of para-hydroxylation sites is 1. The number of carbonyl (C=O) groups is 3. The molecule has 4 rings (SSSR count). The van der Waals surface area contributed by atoms with Gasteiger partial charge in [0.25, 0.3) is 5.91 Å². The van der Waals surface area contributed by atoms with Gasteiger partial charge in [-0.2, -0.15) is 0 Å². The van der Waals surface area contributed by atoms with E-state index in [0.29, 0.717) is 35.3 Å². The number of phenols is 1.